The summed E-state index contributed by atoms with van der Waals surface area (Å²) in [6, 6.07) is 0.0816. The molecule has 0 heterocycles. The molecule has 0 aromatic carbocycles. The molecule has 0 radical (unpaired) electrons. The lowest BCUT2D eigenvalue weighted by molar-refractivity contribution is -0.123. The zero-order valence-electron chi connectivity index (χ0n) is 9.18. The molecule has 1 unspecified atom stereocenters. The van der Waals surface area contributed by atoms with Gasteiger partial charge in [0.15, 0.2) is 0 Å². The third-order valence-electron chi connectivity index (χ3n) is 2.56. The number of carbonyl (C=O) groups excluding carboxylic acids is 1. The Balaban J connectivity index is 3.83. The highest BCUT2D eigenvalue weighted by atomic mass is 16.1. The lowest BCUT2D eigenvalue weighted by Crippen LogP contribution is -2.26. The summed E-state index contributed by atoms with van der Waals surface area (Å²) >= 11 is 0. The first kappa shape index (κ1) is 12.6. The molecule has 0 fully saturated rings. The SMILES string of the molecule is CCCC(N)CC(=O)C(CC)CC. The molecular weight excluding hydrogens is 162 g/mol. The van der Waals surface area contributed by atoms with Gasteiger partial charge in [0, 0.05) is 18.4 Å². The van der Waals surface area contributed by atoms with Crippen molar-refractivity contribution < 1.29 is 4.79 Å². The van der Waals surface area contributed by atoms with Gasteiger partial charge in [-0.15, -0.1) is 0 Å². The second-order valence-corrected chi connectivity index (χ2v) is 3.73. The number of nitrogens with two attached hydrogens (primary N) is 1. The van der Waals surface area contributed by atoms with Crippen molar-refractivity contribution in [2.45, 2.75) is 58.9 Å². The Morgan fingerprint density at radius 3 is 2.15 bits per heavy atom. The monoisotopic (exact) mass is 185 g/mol. The zero-order valence-corrected chi connectivity index (χ0v) is 9.18. The lowest BCUT2D eigenvalue weighted by Gasteiger charge is -2.14. The Bertz CT molecular complexity index is 141. The maximum absolute atomic E-state index is 11.6. The van der Waals surface area contributed by atoms with E-state index in [0.29, 0.717) is 12.2 Å². The minimum atomic E-state index is 0.0816. The highest BCUT2D eigenvalue weighted by molar-refractivity contribution is 5.81. The number of rotatable bonds is 7. The minimum absolute atomic E-state index is 0.0816. The Kier molecular flexibility index (Phi) is 6.87. The second-order valence-electron chi connectivity index (χ2n) is 3.73. The van der Waals surface area contributed by atoms with Crippen LogP contribution in [0.1, 0.15) is 52.9 Å². The van der Waals surface area contributed by atoms with Crippen LogP contribution in [-0.4, -0.2) is 11.8 Å². The van der Waals surface area contributed by atoms with Crippen molar-refractivity contribution >= 4 is 5.78 Å². The molecule has 0 spiro atoms. The fourth-order valence-electron chi connectivity index (χ4n) is 1.64. The van der Waals surface area contributed by atoms with E-state index in [1.54, 1.807) is 0 Å². The highest BCUT2D eigenvalue weighted by Crippen LogP contribution is 2.13. The highest BCUT2D eigenvalue weighted by Gasteiger charge is 2.16. The van der Waals surface area contributed by atoms with Gasteiger partial charge in [-0.25, -0.2) is 0 Å². The van der Waals surface area contributed by atoms with Gasteiger partial charge in [0.25, 0.3) is 0 Å². The average molecular weight is 185 g/mol. The number of hydrogen-bond donors (Lipinski definition) is 1. The summed E-state index contributed by atoms with van der Waals surface area (Å²) in [6.45, 7) is 6.23. The van der Waals surface area contributed by atoms with E-state index in [0.717, 1.165) is 25.7 Å². The molecule has 2 N–H and O–H groups in total. The minimum Gasteiger partial charge on any atom is -0.327 e. The summed E-state index contributed by atoms with van der Waals surface area (Å²) in [5.41, 5.74) is 5.81. The Labute approximate surface area is 81.9 Å². The molecule has 0 aliphatic carbocycles. The molecule has 2 heteroatoms. The Morgan fingerprint density at radius 1 is 1.23 bits per heavy atom. The molecule has 1 atom stereocenters. The number of carbonyl (C=O) groups is 1. The maximum Gasteiger partial charge on any atom is 0.137 e. The average Bonchev–Trinajstić information content (AvgIpc) is 2.06. The molecule has 0 bridgehead atoms. The van der Waals surface area contributed by atoms with Gasteiger partial charge in [-0.3, -0.25) is 4.79 Å². The summed E-state index contributed by atoms with van der Waals surface area (Å²) in [4.78, 5) is 11.6. The van der Waals surface area contributed by atoms with Crippen molar-refractivity contribution in [2.75, 3.05) is 0 Å². The van der Waals surface area contributed by atoms with Gasteiger partial charge in [0.2, 0.25) is 0 Å². The standard InChI is InChI=1S/C11H23NO/c1-4-7-10(12)8-11(13)9(5-2)6-3/h9-10H,4-8,12H2,1-3H3. The topological polar surface area (TPSA) is 43.1 Å². The molecule has 13 heavy (non-hydrogen) atoms. The van der Waals surface area contributed by atoms with E-state index in [9.17, 15) is 4.79 Å². The molecule has 0 aliphatic heterocycles. The van der Waals surface area contributed by atoms with E-state index in [4.69, 9.17) is 5.73 Å². The zero-order chi connectivity index (χ0) is 10.3. The molecule has 0 rings (SSSR count). The summed E-state index contributed by atoms with van der Waals surface area (Å²) in [5.74, 6) is 0.592. The van der Waals surface area contributed by atoms with Crippen LogP contribution in [0.3, 0.4) is 0 Å². The Morgan fingerprint density at radius 2 is 1.77 bits per heavy atom. The van der Waals surface area contributed by atoms with Crippen molar-refractivity contribution in [3.8, 4) is 0 Å². The predicted molar refractivity (Wildman–Crippen MR) is 56.6 cm³/mol. The van der Waals surface area contributed by atoms with Gasteiger partial charge >= 0.3 is 0 Å². The van der Waals surface area contributed by atoms with Crippen LogP contribution in [0.4, 0.5) is 0 Å². The van der Waals surface area contributed by atoms with Gasteiger partial charge in [-0.1, -0.05) is 27.2 Å². The summed E-state index contributed by atoms with van der Waals surface area (Å²) in [5, 5.41) is 0. The fraction of sp³-hybridized carbons (Fsp3) is 0.909. The quantitative estimate of drug-likeness (QED) is 0.662. The normalized spacial score (nSPS) is 13.3. The van der Waals surface area contributed by atoms with Crippen LogP contribution in [-0.2, 0) is 4.79 Å². The first-order chi connectivity index (χ1) is 6.15. The van der Waals surface area contributed by atoms with Crippen molar-refractivity contribution in [3.05, 3.63) is 0 Å². The molecule has 0 amide bonds. The Hall–Kier alpha value is -0.370. The van der Waals surface area contributed by atoms with E-state index in [-0.39, 0.29) is 12.0 Å². The molecular formula is C11H23NO. The fourth-order valence-corrected chi connectivity index (χ4v) is 1.64. The summed E-state index contributed by atoms with van der Waals surface area (Å²) in [6.07, 6.45) is 4.51. The first-order valence-corrected chi connectivity index (χ1v) is 5.43. The van der Waals surface area contributed by atoms with E-state index in [1.165, 1.54) is 0 Å². The van der Waals surface area contributed by atoms with Crippen molar-refractivity contribution in [3.63, 3.8) is 0 Å². The lowest BCUT2D eigenvalue weighted by atomic mass is 9.93. The second kappa shape index (κ2) is 7.07. The van der Waals surface area contributed by atoms with Crippen LogP contribution in [0, 0.1) is 5.92 Å². The smallest absolute Gasteiger partial charge is 0.137 e. The molecule has 0 aliphatic rings. The van der Waals surface area contributed by atoms with E-state index >= 15 is 0 Å². The van der Waals surface area contributed by atoms with Crippen LogP contribution in [0.15, 0.2) is 0 Å². The summed E-state index contributed by atoms with van der Waals surface area (Å²) in [7, 11) is 0. The first-order valence-electron chi connectivity index (χ1n) is 5.43. The number of ketones is 1. The third-order valence-corrected chi connectivity index (χ3v) is 2.56. The van der Waals surface area contributed by atoms with E-state index < -0.39 is 0 Å². The van der Waals surface area contributed by atoms with Crippen LogP contribution >= 0.6 is 0 Å². The molecule has 0 saturated heterocycles. The van der Waals surface area contributed by atoms with Crippen molar-refractivity contribution in [1.29, 1.82) is 0 Å². The molecule has 78 valence electrons. The third kappa shape index (κ3) is 5.04. The van der Waals surface area contributed by atoms with Gasteiger partial charge in [-0.2, -0.15) is 0 Å². The molecule has 0 saturated carbocycles. The maximum atomic E-state index is 11.6. The van der Waals surface area contributed by atoms with Gasteiger partial charge in [0.05, 0.1) is 0 Å². The van der Waals surface area contributed by atoms with Crippen LogP contribution in [0.25, 0.3) is 0 Å². The number of Topliss-reactive ketones (excluding diaryl/α,β-unsaturated/α-hetero) is 1. The predicted octanol–water partition coefficient (Wildman–Crippen LogP) is 2.51. The van der Waals surface area contributed by atoms with Gasteiger partial charge < -0.3 is 5.73 Å². The van der Waals surface area contributed by atoms with Gasteiger partial charge in [-0.05, 0) is 19.3 Å². The van der Waals surface area contributed by atoms with Crippen LogP contribution in [0.5, 0.6) is 0 Å². The number of hydrogen-bond acceptors (Lipinski definition) is 2. The van der Waals surface area contributed by atoms with E-state index in [2.05, 4.69) is 20.8 Å². The van der Waals surface area contributed by atoms with Gasteiger partial charge in [0.1, 0.15) is 5.78 Å². The molecule has 0 aromatic rings. The molecule has 0 aromatic heterocycles. The largest absolute Gasteiger partial charge is 0.327 e. The van der Waals surface area contributed by atoms with E-state index in [1.807, 2.05) is 0 Å². The summed E-state index contributed by atoms with van der Waals surface area (Å²) < 4.78 is 0. The van der Waals surface area contributed by atoms with Crippen LogP contribution < -0.4 is 5.73 Å². The molecule has 2 nitrogen and oxygen atoms in total. The van der Waals surface area contributed by atoms with Crippen molar-refractivity contribution in [1.82, 2.24) is 0 Å². The van der Waals surface area contributed by atoms with Crippen LogP contribution in [0.2, 0.25) is 0 Å². The van der Waals surface area contributed by atoms with Crippen molar-refractivity contribution in [2.24, 2.45) is 11.7 Å².